The van der Waals surface area contributed by atoms with E-state index in [4.69, 9.17) is 0 Å². The summed E-state index contributed by atoms with van der Waals surface area (Å²) in [4.78, 5) is 14.2. The van der Waals surface area contributed by atoms with Gasteiger partial charge in [0.2, 0.25) is 0 Å². The van der Waals surface area contributed by atoms with Crippen molar-refractivity contribution >= 4 is 5.91 Å². The van der Waals surface area contributed by atoms with E-state index in [2.05, 4.69) is 10.2 Å². The highest BCUT2D eigenvalue weighted by molar-refractivity contribution is 5.99. The first-order chi connectivity index (χ1) is 11.1. The van der Waals surface area contributed by atoms with Crippen molar-refractivity contribution in [1.29, 1.82) is 0 Å². The predicted octanol–water partition coefficient (Wildman–Crippen LogP) is 1.03. The molecular weight excluding hydrogens is 301 g/mol. The Morgan fingerprint density at radius 1 is 1.48 bits per heavy atom. The van der Waals surface area contributed by atoms with Crippen molar-refractivity contribution in [2.45, 2.75) is 12.5 Å². The molecule has 3 rings (SSSR count). The number of H-pyrrole nitrogens is 1. The molecule has 1 aliphatic rings. The van der Waals surface area contributed by atoms with E-state index >= 15 is 0 Å². The number of piperidine rings is 1. The molecule has 0 unspecified atom stereocenters. The first kappa shape index (κ1) is 15.6. The number of rotatable bonds is 3. The van der Waals surface area contributed by atoms with E-state index < -0.39 is 11.9 Å². The number of hydrogen-bond acceptors (Lipinski definition) is 4. The second-order valence-electron chi connectivity index (χ2n) is 5.72. The molecule has 1 saturated heterocycles. The number of nitrogens with one attached hydrogen (secondary N) is 1. The van der Waals surface area contributed by atoms with Crippen LogP contribution >= 0.6 is 0 Å². The molecule has 122 valence electrons. The Bertz CT molecular complexity index is 703. The van der Waals surface area contributed by atoms with Gasteiger partial charge in [-0.2, -0.15) is 5.10 Å². The molecule has 23 heavy (non-hydrogen) atoms. The van der Waals surface area contributed by atoms with Gasteiger partial charge in [0.1, 0.15) is 5.82 Å². The molecule has 3 N–H and O–H groups in total. The third-order valence-electron chi connectivity index (χ3n) is 4.23. The van der Waals surface area contributed by atoms with E-state index in [1.165, 1.54) is 23.2 Å². The summed E-state index contributed by atoms with van der Waals surface area (Å²) in [7, 11) is 0. The van der Waals surface area contributed by atoms with Gasteiger partial charge in [0.25, 0.3) is 5.91 Å². The van der Waals surface area contributed by atoms with E-state index in [1.807, 2.05) is 0 Å². The molecule has 7 heteroatoms. The van der Waals surface area contributed by atoms with Gasteiger partial charge in [0.15, 0.2) is 0 Å². The van der Waals surface area contributed by atoms with Gasteiger partial charge >= 0.3 is 0 Å². The van der Waals surface area contributed by atoms with Gasteiger partial charge in [0, 0.05) is 31.2 Å². The highest BCUT2D eigenvalue weighted by Crippen LogP contribution is 2.25. The minimum atomic E-state index is -0.748. The van der Waals surface area contributed by atoms with Gasteiger partial charge < -0.3 is 15.1 Å². The van der Waals surface area contributed by atoms with Crippen LogP contribution in [-0.4, -0.2) is 57.0 Å². The second-order valence-corrected chi connectivity index (χ2v) is 5.72. The number of aliphatic hydroxyl groups is 2. The number of carbonyl (C=O) groups excluding carboxylic acids is 1. The zero-order valence-corrected chi connectivity index (χ0v) is 12.4. The van der Waals surface area contributed by atoms with Crippen molar-refractivity contribution in [1.82, 2.24) is 15.1 Å². The predicted molar refractivity (Wildman–Crippen MR) is 81.1 cm³/mol. The maximum Gasteiger partial charge on any atom is 0.257 e. The lowest BCUT2D eigenvalue weighted by Crippen LogP contribution is -2.47. The average molecular weight is 319 g/mol. The molecular formula is C16H18FN3O3. The summed E-state index contributed by atoms with van der Waals surface area (Å²) < 4.78 is 13.4. The lowest BCUT2D eigenvalue weighted by molar-refractivity contribution is 0.000906. The monoisotopic (exact) mass is 319 g/mol. The molecule has 1 fully saturated rings. The molecule has 0 radical (unpaired) electrons. The van der Waals surface area contributed by atoms with Gasteiger partial charge in [-0.25, -0.2) is 4.39 Å². The van der Waals surface area contributed by atoms with Crippen molar-refractivity contribution in [3.63, 3.8) is 0 Å². The molecule has 0 aliphatic carbocycles. The Balaban J connectivity index is 1.83. The van der Waals surface area contributed by atoms with Gasteiger partial charge in [-0.1, -0.05) is 12.1 Å². The fraction of sp³-hybridized carbons (Fsp3) is 0.375. The highest BCUT2D eigenvalue weighted by Gasteiger charge is 2.31. The van der Waals surface area contributed by atoms with Gasteiger partial charge in [0.05, 0.1) is 23.6 Å². The molecule has 2 aromatic rings. The van der Waals surface area contributed by atoms with Gasteiger partial charge in [-0.3, -0.25) is 9.89 Å². The Morgan fingerprint density at radius 3 is 3.00 bits per heavy atom. The van der Waals surface area contributed by atoms with Gasteiger partial charge in [-0.05, 0) is 18.6 Å². The minimum Gasteiger partial charge on any atom is -0.396 e. The Morgan fingerprint density at radius 2 is 2.30 bits per heavy atom. The van der Waals surface area contributed by atoms with Crippen molar-refractivity contribution in [2.24, 2.45) is 5.92 Å². The van der Waals surface area contributed by atoms with Crippen LogP contribution in [0.1, 0.15) is 16.8 Å². The van der Waals surface area contributed by atoms with Crippen LogP contribution in [0.15, 0.2) is 30.5 Å². The van der Waals surface area contributed by atoms with Crippen LogP contribution < -0.4 is 0 Å². The summed E-state index contributed by atoms with van der Waals surface area (Å²) in [6, 6.07) is 5.92. The summed E-state index contributed by atoms with van der Waals surface area (Å²) >= 11 is 0. The topological polar surface area (TPSA) is 89.5 Å². The van der Waals surface area contributed by atoms with Crippen LogP contribution in [0.2, 0.25) is 0 Å². The normalized spacial score (nSPS) is 21.4. The number of amides is 1. The third kappa shape index (κ3) is 3.11. The maximum absolute atomic E-state index is 13.4. The van der Waals surface area contributed by atoms with Crippen LogP contribution in [0, 0.1) is 11.7 Å². The summed E-state index contributed by atoms with van der Waals surface area (Å²) in [5.74, 6) is -0.866. The zero-order valence-electron chi connectivity index (χ0n) is 12.4. The van der Waals surface area contributed by atoms with Crippen molar-refractivity contribution in [3.8, 4) is 11.3 Å². The number of halogens is 1. The van der Waals surface area contributed by atoms with E-state index in [1.54, 1.807) is 12.1 Å². The standard InChI is InChI=1S/C16H18FN3O3/c17-12-3-1-2-10(6-12)15-13(7-18-19-15)16(23)20-5-4-11(9-21)14(22)8-20/h1-3,6-7,11,14,21-22H,4-5,8-9H2,(H,18,19)/t11-,14+/m1/s1. The van der Waals surface area contributed by atoms with Crippen LogP contribution in [0.25, 0.3) is 11.3 Å². The number of carbonyl (C=O) groups is 1. The molecule has 2 heterocycles. The van der Waals surface area contributed by atoms with Crippen LogP contribution in [0.3, 0.4) is 0 Å². The Hall–Kier alpha value is -2.25. The smallest absolute Gasteiger partial charge is 0.257 e. The molecule has 6 nitrogen and oxygen atoms in total. The zero-order chi connectivity index (χ0) is 16.4. The Labute approximate surface area is 132 Å². The SMILES string of the molecule is O=C(c1cn[nH]c1-c1cccc(F)c1)N1CC[C@H](CO)[C@@H](O)C1. The van der Waals surface area contributed by atoms with E-state index in [0.717, 1.165) is 0 Å². The van der Waals surface area contributed by atoms with Crippen molar-refractivity contribution in [2.75, 3.05) is 19.7 Å². The number of β-amino-alcohol motifs (C(OH)–C–C–N with tert-alkyl or cyclic N) is 1. The van der Waals surface area contributed by atoms with Crippen LogP contribution in [-0.2, 0) is 0 Å². The number of aromatic amines is 1. The number of benzene rings is 1. The highest BCUT2D eigenvalue weighted by atomic mass is 19.1. The first-order valence-electron chi connectivity index (χ1n) is 7.47. The summed E-state index contributed by atoms with van der Waals surface area (Å²) in [6.07, 6.45) is 1.20. The number of nitrogens with zero attached hydrogens (tertiary/aromatic N) is 2. The lowest BCUT2D eigenvalue weighted by Gasteiger charge is -2.35. The quantitative estimate of drug-likeness (QED) is 0.788. The molecule has 0 saturated carbocycles. The Kier molecular flexibility index (Phi) is 4.40. The van der Waals surface area contributed by atoms with Gasteiger partial charge in [-0.15, -0.1) is 0 Å². The third-order valence-corrected chi connectivity index (χ3v) is 4.23. The second kappa shape index (κ2) is 6.47. The van der Waals surface area contributed by atoms with Crippen LogP contribution in [0.5, 0.6) is 0 Å². The summed E-state index contributed by atoms with van der Waals surface area (Å²) in [5, 5.41) is 25.8. The molecule has 1 aliphatic heterocycles. The molecule has 2 atom stereocenters. The summed E-state index contributed by atoms with van der Waals surface area (Å²) in [6.45, 7) is 0.524. The van der Waals surface area contributed by atoms with E-state index in [-0.39, 0.29) is 25.0 Å². The fourth-order valence-electron chi connectivity index (χ4n) is 2.86. The molecule has 0 bridgehead atoms. The molecule has 0 spiro atoms. The first-order valence-corrected chi connectivity index (χ1v) is 7.47. The van der Waals surface area contributed by atoms with E-state index in [9.17, 15) is 19.4 Å². The van der Waals surface area contributed by atoms with Crippen molar-refractivity contribution in [3.05, 3.63) is 41.8 Å². The van der Waals surface area contributed by atoms with Crippen LogP contribution in [0.4, 0.5) is 4.39 Å². The maximum atomic E-state index is 13.4. The minimum absolute atomic E-state index is 0.0938. The molecule has 1 aromatic heterocycles. The van der Waals surface area contributed by atoms with E-state index in [0.29, 0.717) is 29.8 Å². The number of aromatic nitrogens is 2. The number of likely N-dealkylation sites (tertiary alicyclic amines) is 1. The van der Waals surface area contributed by atoms with Crippen molar-refractivity contribution < 1.29 is 19.4 Å². The fourth-order valence-corrected chi connectivity index (χ4v) is 2.86. The summed E-state index contributed by atoms with van der Waals surface area (Å²) in [5.41, 5.74) is 1.33. The largest absolute Gasteiger partial charge is 0.396 e. The average Bonchev–Trinajstić information content (AvgIpc) is 3.03. The lowest BCUT2D eigenvalue weighted by atomic mass is 9.94. The molecule has 1 aromatic carbocycles. The number of hydrogen-bond donors (Lipinski definition) is 3. The number of aliphatic hydroxyl groups excluding tert-OH is 2. The molecule has 1 amide bonds.